The number of hydrogen-bond acceptors (Lipinski definition) is 1. The summed E-state index contributed by atoms with van der Waals surface area (Å²) in [7, 11) is 0. The van der Waals surface area contributed by atoms with Crippen LogP contribution in [0.1, 0.15) is 18.1 Å². The fourth-order valence-electron chi connectivity index (χ4n) is 0.873. The SMILES string of the molecule is CCc1c[c]cc(CO)c1. The lowest BCUT2D eigenvalue weighted by molar-refractivity contribution is 0.281. The number of aliphatic hydroxyl groups is 1. The molecule has 1 nitrogen and oxygen atoms in total. The fraction of sp³-hybridized carbons (Fsp3) is 0.333. The van der Waals surface area contributed by atoms with Gasteiger partial charge in [-0.1, -0.05) is 19.1 Å². The summed E-state index contributed by atoms with van der Waals surface area (Å²) in [6, 6.07) is 8.72. The molecule has 0 bridgehead atoms. The van der Waals surface area contributed by atoms with E-state index in [0.29, 0.717) is 0 Å². The molecular formula is C9H11O. The molecule has 0 saturated heterocycles. The summed E-state index contributed by atoms with van der Waals surface area (Å²) in [5.74, 6) is 0. The zero-order valence-corrected chi connectivity index (χ0v) is 6.09. The number of aliphatic hydroxyl groups excluding tert-OH is 1. The predicted octanol–water partition coefficient (Wildman–Crippen LogP) is 1.54. The van der Waals surface area contributed by atoms with Crippen molar-refractivity contribution in [3.8, 4) is 0 Å². The second-order valence-electron chi connectivity index (χ2n) is 2.26. The van der Waals surface area contributed by atoms with Crippen LogP contribution in [0.3, 0.4) is 0 Å². The largest absolute Gasteiger partial charge is 0.392 e. The molecule has 0 unspecified atom stereocenters. The maximum atomic E-state index is 8.74. The van der Waals surface area contributed by atoms with Gasteiger partial charge in [-0.05, 0) is 29.7 Å². The third-order valence-corrected chi connectivity index (χ3v) is 1.50. The van der Waals surface area contributed by atoms with Crippen molar-refractivity contribution in [3.05, 3.63) is 35.4 Å². The second-order valence-corrected chi connectivity index (χ2v) is 2.26. The number of benzene rings is 1. The van der Waals surface area contributed by atoms with Crippen LogP contribution < -0.4 is 0 Å². The van der Waals surface area contributed by atoms with Gasteiger partial charge in [0.1, 0.15) is 0 Å². The van der Waals surface area contributed by atoms with Crippen LogP contribution in [0.2, 0.25) is 0 Å². The minimum Gasteiger partial charge on any atom is -0.392 e. The molecule has 0 aliphatic carbocycles. The molecule has 1 aromatic rings. The van der Waals surface area contributed by atoms with Crippen molar-refractivity contribution in [3.63, 3.8) is 0 Å². The second kappa shape index (κ2) is 3.37. The number of rotatable bonds is 2. The maximum Gasteiger partial charge on any atom is 0.0682 e. The predicted molar refractivity (Wildman–Crippen MR) is 40.6 cm³/mol. The zero-order valence-electron chi connectivity index (χ0n) is 6.09. The molecular weight excluding hydrogens is 124 g/mol. The molecule has 1 rings (SSSR count). The van der Waals surface area contributed by atoms with E-state index in [4.69, 9.17) is 5.11 Å². The van der Waals surface area contributed by atoms with Crippen molar-refractivity contribution in [2.24, 2.45) is 0 Å². The van der Waals surface area contributed by atoms with Gasteiger partial charge in [-0.2, -0.15) is 0 Å². The van der Waals surface area contributed by atoms with Crippen LogP contribution in [-0.4, -0.2) is 5.11 Å². The van der Waals surface area contributed by atoms with E-state index in [9.17, 15) is 0 Å². The Morgan fingerprint density at radius 1 is 1.40 bits per heavy atom. The summed E-state index contributed by atoms with van der Waals surface area (Å²) in [5, 5.41) is 8.74. The highest BCUT2D eigenvalue weighted by atomic mass is 16.3. The van der Waals surface area contributed by atoms with Crippen LogP contribution >= 0.6 is 0 Å². The van der Waals surface area contributed by atoms with E-state index < -0.39 is 0 Å². The molecule has 0 saturated carbocycles. The van der Waals surface area contributed by atoms with Crippen molar-refractivity contribution in [1.29, 1.82) is 0 Å². The van der Waals surface area contributed by atoms with Crippen LogP contribution in [0.4, 0.5) is 0 Å². The third kappa shape index (κ3) is 1.58. The Morgan fingerprint density at radius 2 is 2.10 bits per heavy atom. The topological polar surface area (TPSA) is 20.2 Å². The third-order valence-electron chi connectivity index (χ3n) is 1.50. The fourth-order valence-corrected chi connectivity index (χ4v) is 0.873. The van der Waals surface area contributed by atoms with Gasteiger partial charge in [0.2, 0.25) is 0 Å². The Labute approximate surface area is 61.3 Å². The molecule has 0 aliphatic rings. The van der Waals surface area contributed by atoms with Crippen LogP contribution in [0.5, 0.6) is 0 Å². The molecule has 0 atom stereocenters. The summed E-state index contributed by atoms with van der Waals surface area (Å²) in [4.78, 5) is 0. The molecule has 1 radical (unpaired) electrons. The Balaban J connectivity index is 2.87. The van der Waals surface area contributed by atoms with Gasteiger partial charge < -0.3 is 5.11 Å². The van der Waals surface area contributed by atoms with Crippen molar-refractivity contribution >= 4 is 0 Å². The minimum atomic E-state index is 0.115. The van der Waals surface area contributed by atoms with E-state index in [2.05, 4.69) is 13.0 Å². The van der Waals surface area contributed by atoms with Crippen molar-refractivity contribution in [1.82, 2.24) is 0 Å². The average molecular weight is 135 g/mol. The first-order valence-electron chi connectivity index (χ1n) is 3.46. The molecule has 53 valence electrons. The molecule has 0 fully saturated rings. The van der Waals surface area contributed by atoms with Gasteiger partial charge in [0.15, 0.2) is 0 Å². The first-order valence-corrected chi connectivity index (χ1v) is 3.46. The quantitative estimate of drug-likeness (QED) is 0.652. The molecule has 0 amide bonds. The highest BCUT2D eigenvalue weighted by Gasteiger charge is 1.90. The molecule has 1 heteroatoms. The van der Waals surface area contributed by atoms with Gasteiger partial charge in [0.25, 0.3) is 0 Å². The Morgan fingerprint density at radius 3 is 2.70 bits per heavy atom. The summed E-state index contributed by atoms with van der Waals surface area (Å²) >= 11 is 0. The van der Waals surface area contributed by atoms with E-state index in [0.717, 1.165) is 12.0 Å². The molecule has 10 heavy (non-hydrogen) atoms. The van der Waals surface area contributed by atoms with Gasteiger partial charge in [-0.15, -0.1) is 0 Å². The average Bonchev–Trinajstić information content (AvgIpc) is 2.05. The molecule has 0 aliphatic heterocycles. The summed E-state index contributed by atoms with van der Waals surface area (Å²) < 4.78 is 0. The lowest BCUT2D eigenvalue weighted by Gasteiger charge is -1.97. The highest BCUT2D eigenvalue weighted by molar-refractivity contribution is 5.21. The maximum absolute atomic E-state index is 8.74. The van der Waals surface area contributed by atoms with Crippen molar-refractivity contribution < 1.29 is 5.11 Å². The minimum absolute atomic E-state index is 0.115. The van der Waals surface area contributed by atoms with E-state index in [1.165, 1.54) is 5.56 Å². The van der Waals surface area contributed by atoms with Gasteiger partial charge >= 0.3 is 0 Å². The first-order chi connectivity index (χ1) is 4.86. The van der Waals surface area contributed by atoms with Crippen LogP contribution in [0.15, 0.2) is 18.2 Å². The zero-order chi connectivity index (χ0) is 7.40. The Kier molecular flexibility index (Phi) is 2.46. The lowest BCUT2D eigenvalue weighted by atomic mass is 10.1. The van der Waals surface area contributed by atoms with E-state index in [1.807, 2.05) is 12.1 Å². The van der Waals surface area contributed by atoms with Gasteiger partial charge in [-0.25, -0.2) is 0 Å². The highest BCUT2D eigenvalue weighted by Crippen LogP contribution is 2.04. The molecule has 0 spiro atoms. The standard InChI is InChI=1S/C9H11O/c1-2-8-4-3-5-9(6-8)7-10/h4-6,10H,2,7H2,1H3. The van der Waals surface area contributed by atoms with Gasteiger partial charge in [-0.3, -0.25) is 0 Å². The molecule has 0 aromatic heterocycles. The first kappa shape index (κ1) is 7.29. The number of aryl methyl sites for hydroxylation is 1. The molecule has 1 N–H and O–H groups in total. The van der Waals surface area contributed by atoms with Crippen molar-refractivity contribution in [2.45, 2.75) is 20.0 Å². The number of hydrogen-bond donors (Lipinski definition) is 1. The van der Waals surface area contributed by atoms with Gasteiger partial charge in [0.05, 0.1) is 6.61 Å². The summed E-state index contributed by atoms with van der Waals surface area (Å²) in [5.41, 5.74) is 2.17. The van der Waals surface area contributed by atoms with E-state index in [1.54, 1.807) is 6.07 Å². The monoisotopic (exact) mass is 135 g/mol. The van der Waals surface area contributed by atoms with Crippen molar-refractivity contribution in [2.75, 3.05) is 0 Å². The van der Waals surface area contributed by atoms with E-state index in [-0.39, 0.29) is 6.61 Å². The van der Waals surface area contributed by atoms with Crippen LogP contribution in [-0.2, 0) is 13.0 Å². The van der Waals surface area contributed by atoms with Crippen LogP contribution in [0, 0.1) is 6.07 Å². The molecule has 1 aromatic carbocycles. The normalized spacial score (nSPS) is 9.80. The lowest BCUT2D eigenvalue weighted by Crippen LogP contribution is -1.85. The summed E-state index contributed by atoms with van der Waals surface area (Å²) in [6.07, 6.45) is 1.00. The van der Waals surface area contributed by atoms with Crippen LogP contribution in [0.25, 0.3) is 0 Å². The Bertz CT molecular complexity index is 186. The Hall–Kier alpha value is -0.820. The smallest absolute Gasteiger partial charge is 0.0682 e. The summed E-state index contributed by atoms with van der Waals surface area (Å²) in [6.45, 7) is 2.20. The van der Waals surface area contributed by atoms with E-state index >= 15 is 0 Å². The van der Waals surface area contributed by atoms with Gasteiger partial charge in [0, 0.05) is 0 Å². The molecule has 0 heterocycles.